The van der Waals surface area contributed by atoms with E-state index in [-0.39, 0.29) is 24.9 Å². The van der Waals surface area contributed by atoms with Gasteiger partial charge in [-0.05, 0) is 36.8 Å². The van der Waals surface area contributed by atoms with Crippen LogP contribution >= 0.6 is 11.6 Å². The van der Waals surface area contributed by atoms with Gasteiger partial charge in [-0.25, -0.2) is 4.79 Å². The smallest absolute Gasteiger partial charge is 0.328 e. The average Bonchev–Trinajstić information content (AvgIpc) is 2.67. The monoisotopic (exact) mass is 385 g/mol. The summed E-state index contributed by atoms with van der Waals surface area (Å²) in [5.74, 6) is -0.0976. The Labute approximate surface area is 161 Å². The van der Waals surface area contributed by atoms with Crippen molar-refractivity contribution >= 4 is 28.4 Å². The summed E-state index contributed by atoms with van der Waals surface area (Å²) < 4.78 is 1.43. The number of aromatic nitrogens is 2. The molecule has 1 aromatic heterocycles. The van der Waals surface area contributed by atoms with Crippen LogP contribution in [-0.2, 0) is 11.3 Å². The first kappa shape index (κ1) is 18.9. The largest absolute Gasteiger partial charge is 0.339 e. The van der Waals surface area contributed by atoms with E-state index in [0.29, 0.717) is 15.9 Å². The predicted molar refractivity (Wildman–Crippen MR) is 106 cm³/mol. The molecule has 0 fully saturated rings. The number of H-pyrrole nitrogens is 1. The minimum Gasteiger partial charge on any atom is -0.339 e. The number of hydrogen-bond donors (Lipinski definition) is 1. The predicted octanol–water partition coefficient (Wildman–Crippen LogP) is 2.95. The molecule has 1 amide bonds. The van der Waals surface area contributed by atoms with Crippen molar-refractivity contribution in [2.24, 2.45) is 0 Å². The summed E-state index contributed by atoms with van der Waals surface area (Å²) in [6.45, 7) is 2.12. The molecule has 0 aliphatic heterocycles. The molecule has 27 heavy (non-hydrogen) atoms. The number of para-hydroxylation sites is 1. The number of benzene rings is 2. The van der Waals surface area contributed by atoms with Gasteiger partial charge in [0.25, 0.3) is 5.56 Å². The number of aryl methyl sites for hydroxylation is 1. The first-order chi connectivity index (χ1) is 12.9. The van der Waals surface area contributed by atoms with Crippen LogP contribution in [0.5, 0.6) is 0 Å². The lowest BCUT2D eigenvalue weighted by atomic mass is 10.1. The first-order valence-electron chi connectivity index (χ1n) is 8.61. The van der Waals surface area contributed by atoms with Gasteiger partial charge in [0.2, 0.25) is 5.91 Å². The van der Waals surface area contributed by atoms with E-state index < -0.39 is 11.2 Å². The maximum atomic E-state index is 12.6. The highest BCUT2D eigenvalue weighted by Gasteiger charge is 2.18. The van der Waals surface area contributed by atoms with Crippen LogP contribution in [0, 0.1) is 0 Å². The van der Waals surface area contributed by atoms with Crippen molar-refractivity contribution in [3.63, 3.8) is 0 Å². The number of hydrogen-bond acceptors (Lipinski definition) is 3. The van der Waals surface area contributed by atoms with Gasteiger partial charge >= 0.3 is 5.69 Å². The zero-order chi connectivity index (χ0) is 19.6. The molecule has 0 spiro atoms. The number of halogens is 1. The van der Waals surface area contributed by atoms with E-state index in [1.54, 1.807) is 48.3 Å². The Morgan fingerprint density at radius 1 is 1.15 bits per heavy atom. The zero-order valence-corrected chi connectivity index (χ0v) is 15.9. The highest BCUT2D eigenvalue weighted by atomic mass is 35.5. The summed E-state index contributed by atoms with van der Waals surface area (Å²) in [5.41, 5.74) is 0.556. The number of amides is 1. The molecular formula is C20H20ClN3O3. The van der Waals surface area contributed by atoms with E-state index in [9.17, 15) is 14.4 Å². The summed E-state index contributed by atoms with van der Waals surface area (Å²) in [5, 5.41) is 1.07. The van der Waals surface area contributed by atoms with Crippen molar-refractivity contribution in [1.82, 2.24) is 14.5 Å². The molecule has 7 heteroatoms. The van der Waals surface area contributed by atoms with E-state index >= 15 is 0 Å². The van der Waals surface area contributed by atoms with Crippen molar-refractivity contribution in [2.75, 3.05) is 7.05 Å². The SMILES string of the molecule is CC(c1ccc(Cl)cc1)N(C)C(=O)CCn1c(=O)[nH]c(=O)c2ccccc21. The van der Waals surface area contributed by atoms with Gasteiger partial charge in [0.1, 0.15) is 0 Å². The second kappa shape index (κ2) is 7.80. The Kier molecular flexibility index (Phi) is 5.46. The van der Waals surface area contributed by atoms with Crippen molar-refractivity contribution in [1.29, 1.82) is 0 Å². The van der Waals surface area contributed by atoms with Gasteiger partial charge in [-0.3, -0.25) is 19.1 Å². The highest BCUT2D eigenvalue weighted by Crippen LogP contribution is 2.21. The number of carbonyl (C=O) groups is 1. The molecule has 3 aromatic rings. The lowest BCUT2D eigenvalue weighted by Crippen LogP contribution is -2.34. The minimum atomic E-state index is -0.514. The molecule has 1 heterocycles. The molecule has 6 nitrogen and oxygen atoms in total. The quantitative estimate of drug-likeness (QED) is 0.733. The molecule has 0 bridgehead atoms. The van der Waals surface area contributed by atoms with Gasteiger partial charge in [0, 0.05) is 25.0 Å². The third-order valence-electron chi connectivity index (χ3n) is 4.78. The molecule has 2 aromatic carbocycles. The van der Waals surface area contributed by atoms with Gasteiger partial charge in [-0.15, -0.1) is 0 Å². The van der Waals surface area contributed by atoms with Crippen LogP contribution in [0.2, 0.25) is 5.02 Å². The molecule has 140 valence electrons. The Bertz CT molecular complexity index is 1090. The van der Waals surface area contributed by atoms with Crippen LogP contribution in [0.25, 0.3) is 10.9 Å². The first-order valence-corrected chi connectivity index (χ1v) is 8.99. The van der Waals surface area contributed by atoms with Crippen molar-refractivity contribution in [2.45, 2.75) is 25.9 Å². The Hall–Kier alpha value is -2.86. The van der Waals surface area contributed by atoms with Crippen molar-refractivity contribution < 1.29 is 4.79 Å². The molecular weight excluding hydrogens is 366 g/mol. The zero-order valence-electron chi connectivity index (χ0n) is 15.1. The van der Waals surface area contributed by atoms with Gasteiger partial charge in [-0.1, -0.05) is 35.9 Å². The number of nitrogens with one attached hydrogen (secondary N) is 1. The number of carbonyl (C=O) groups excluding carboxylic acids is 1. The molecule has 1 N–H and O–H groups in total. The van der Waals surface area contributed by atoms with Gasteiger partial charge < -0.3 is 4.90 Å². The second-order valence-corrected chi connectivity index (χ2v) is 6.85. The molecule has 3 rings (SSSR count). The van der Waals surface area contributed by atoms with Crippen molar-refractivity contribution in [3.05, 3.63) is 80.0 Å². The number of nitrogens with zero attached hydrogens (tertiary/aromatic N) is 2. The highest BCUT2D eigenvalue weighted by molar-refractivity contribution is 6.30. The number of aromatic amines is 1. The maximum absolute atomic E-state index is 12.6. The summed E-state index contributed by atoms with van der Waals surface area (Å²) in [7, 11) is 1.73. The van der Waals surface area contributed by atoms with Gasteiger partial charge in [-0.2, -0.15) is 0 Å². The minimum absolute atomic E-state index is 0.0976. The average molecular weight is 386 g/mol. The Morgan fingerprint density at radius 2 is 1.81 bits per heavy atom. The topological polar surface area (TPSA) is 75.2 Å². The van der Waals surface area contributed by atoms with E-state index in [4.69, 9.17) is 11.6 Å². The normalized spacial score (nSPS) is 12.1. The van der Waals surface area contributed by atoms with E-state index in [1.807, 2.05) is 19.1 Å². The summed E-state index contributed by atoms with van der Waals surface area (Å²) >= 11 is 5.91. The third-order valence-corrected chi connectivity index (χ3v) is 5.03. The van der Waals surface area contributed by atoms with Crippen molar-refractivity contribution in [3.8, 4) is 0 Å². The van der Waals surface area contributed by atoms with Crippen LogP contribution in [0.15, 0.2) is 58.1 Å². The molecule has 0 aliphatic carbocycles. The number of fused-ring (bicyclic) bond motifs is 1. The van der Waals surface area contributed by atoms with Gasteiger partial charge in [0.05, 0.1) is 16.9 Å². The standard InChI is InChI=1S/C20H20ClN3O3/c1-13(14-7-9-15(21)10-8-14)23(2)18(25)11-12-24-17-6-4-3-5-16(17)19(26)22-20(24)27/h3-10,13H,11-12H2,1-2H3,(H,22,26,27). The number of rotatable bonds is 5. The fourth-order valence-electron chi connectivity index (χ4n) is 3.03. The van der Waals surface area contributed by atoms with Crippen LogP contribution in [-0.4, -0.2) is 27.4 Å². The van der Waals surface area contributed by atoms with E-state index in [0.717, 1.165) is 5.56 Å². The molecule has 0 aliphatic rings. The summed E-state index contributed by atoms with van der Waals surface area (Å²) in [6.07, 6.45) is 0.143. The maximum Gasteiger partial charge on any atom is 0.328 e. The van der Waals surface area contributed by atoms with E-state index in [2.05, 4.69) is 4.98 Å². The van der Waals surface area contributed by atoms with Crippen LogP contribution in [0.4, 0.5) is 0 Å². The fourth-order valence-corrected chi connectivity index (χ4v) is 3.16. The molecule has 1 unspecified atom stereocenters. The lowest BCUT2D eigenvalue weighted by Gasteiger charge is -2.25. The molecule has 1 atom stereocenters. The molecule has 0 saturated heterocycles. The van der Waals surface area contributed by atoms with Crippen LogP contribution in [0.1, 0.15) is 24.9 Å². The third kappa shape index (κ3) is 3.95. The summed E-state index contributed by atoms with van der Waals surface area (Å²) in [4.78, 5) is 40.7. The second-order valence-electron chi connectivity index (χ2n) is 6.41. The lowest BCUT2D eigenvalue weighted by molar-refractivity contribution is -0.132. The molecule has 0 radical (unpaired) electrons. The Balaban J connectivity index is 1.78. The molecule has 0 saturated carbocycles. The summed E-state index contributed by atoms with van der Waals surface area (Å²) in [6, 6.07) is 14.1. The fraction of sp³-hybridized carbons (Fsp3) is 0.250. The van der Waals surface area contributed by atoms with E-state index in [1.165, 1.54) is 4.57 Å². The van der Waals surface area contributed by atoms with Crippen LogP contribution in [0.3, 0.4) is 0 Å². The van der Waals surface area contributed by atoms with Gasteiger partial charge in [0.15, 0.2) is 0 Å². The Morgan fingerprint density at radius 3 is 2.52 bits per heavy atom. The van der Waals surface area contributed by atoms with Crippen LogP contribution < -0.4 is 11.2 Å².